The topological polar surface area (TPSA) is 72.1 Å². The minimum Gasteiger partial charge on any atom is -0.356 e. The summed E-state index contributed by atoms with van der Waals surface area (Å²) in [6, 6.07) is 8.28. The number of fused-ring (bicyclic) bond motifs is 1. The van der Waals surface area contributed by atoms with Crippen LogP contribution >= 0.6 is 24.0 Å². The van der Waals surface area contributed by atoms with Gasteiger partial charge in [0, 0.05) is 45.6 Å². The molecule has 3 aromatic rings. The summed E-state index contributed by atoms with van der Waals surface area (Å²) in [5.41, 5.74) is 2.26. The molecule has 0 bridgehead atoms. The van der Waals surface area contributed by atoms with Crippen LogP contribution in [0.3, 0.4) is 0 Å². The Balaban J connectivity index is 0.00000261. The van der Waals surface area contributed by atoms with E-state index in [1.54, 1.807) is 13.2 Å². The van der Waals surface area contributed by atoms with Gasteiger partial charge in [0.05, 0.1) is 17.4 Å². The first-order chi connectivity index (χ1) is 12.8. The number of nitrogens with zero attached hydrogens (tertiary/aromatic N) is 5. The summed E-state index contributed by atoms with van der Waals surface area (Å²) in [4.78, 5) is 12.9. The van der Waals surface area contributed by atoms with E-state index in [1.807, 2.05) is 18.6 Å². The monoisotopic (exact) mass is 481 g/mol. The largest absolute Gasteiger partial charge is 0.356 e. The molecule has 2 heterocycles. The van der Waals surface area contributed by atoms with Gasteiger partial charge in [-0.05, 0) is 31.9 Å². The number of para-hydroxylation sites is 2. The Morgan fingerprint density at radius 1 is 1.11 bits per heavy atom. The maximum absolute atomic E-state index is 4.61. The predicted molar refractivity (Wildman–Crippen MR) is 121 cm³/mol. The number of guanidine groups is 1. The molecule has 0 atom stereocenters. The highest BCUT2D eigenvalue weighted by Crippen LogP contribution is 2.15. The zero-order chi connectivity index (χ0) is 18.2. The SMILES string of the molecule is CN=C(NCCCn1ccnc1)NCCCn1c(C)nc2ccccc21.I. The Labute approximate surface area is 177 Å². The van der Waals surface area contributed by atoms with Gasteiger partial charge in [-0.2, -0.15) is 0 Å². The van der Waals surface area contributed by atoms with Gasteiger partial charge in [-0.15, -0.1) is 24.0 Å². The van der Waals surface area contributed by atoms with Gasteiger partial charge < -0.3 is 19.8 Å². The normalized spacial score (nSPS) is 11.4. The van der Waals surface area contributed by atoms with Crippen molar-refractivity contribution in [3.63, 3.8) is 0 Å². The average molecular weight is 481 g/mol. The first kappa shape index (κ1) is 21.2. The lowest BCUT2D eigenvalue weighted by molar-refractivity contribution is 0.609. The highest BCUT2D eigenvalue weighted by molar-refractivity contribution is 14.0. The Hall–Kier alpha value is -2.10. The van der Waals surface area contributed by atoms with E-state index in [0.717, 1.165) is 56.3 Å². The number of aromatic nitrogens is 4. The van der Waals surface area contributed by atoms with Crippen LogP contribution in [0.1, 0.15) is 18.7 Å². The molecular weight excluding hydrogens is 453 g/mol. The van der Waals surface area contributed by atoms with E-state index < -0.39 is 0 Å². The lowest BCUT2D eigenvalue weighted by atomic mass is 10.3. The third-order valence-corrected chi connectivity index (χ3v) is 4.36. The molecule has 1 aromatic carbocycles. The molecule has 0 saturated carbocycles. The van der Waals surface area contributed by atoms with Crippen molar-refractivity contribution >= 4 is 41.0 Å². The molecular formula is C19H28IN7. The van der Waals surface area contributed by atoms with Crippen molar-refractivity contribution in [1.29, 1.82) is 0 Å². The van der Waals surface area contributed by atoms with Crippen molar-refractivity contribution < 1.29 is 0 Å². The van der Waals surface area contributed by atoms with Crippen LogP contribution < -0.4 is 10.6 Å². The van der Waals surface area contributed by atoms with Crippen molar-refractivity contribution in [3.8, 4) is 0 Å². The van der Waals surface area contributed by atoms with Crippen molar-refractivity contribution in [2.24, 2.45) is 4.99 Å². The summed E-state index contributed by atoms with van der Waals surface area (Å²) < 4.78 is 4.36. The van der Waals surface area contributed by atoms with E-state index in [2.05, 4.69) is 59.9 Å². The summed E-state index contributed by atoms with van der Waals surface area (Å²) in [6.45, 7) is 5.71. The van der Waals surface area contributed by atoms with Gasteiger partial charge in [0.25, 0.3) is 0 Å². The molecule has 3 rings (SSSR count). The number of aliphatic imine (C=N–C) groups is 1. The Bertz CT molecular complexity index is 839. The fourth-order valence-corrected chi connectivity index (χ4v) is 3.03. The van der Waals surface area contributed by atoms with Crippen molar-refractivity contribution in [3.05, 3.63) is 48.8 Å². The van der Waals surface area contributed by atoms with Crippen LogP contribution in [0, 0.1) is 6.92 Å². The fourth-order valence-electron chi connectivity index (χ4n) is 3.03. The molecule has 2 aromatic heterocycles. The number of hydrogen-bond donors (Lipinski definition) is 2. The van der Waals surface area contributed by atoms with Crippen molar-refractivity contribution in [2.75, 3.05) is 20.1 Å². The highest BCUT2D eigenvalue weighted by atomic mass is 127. The molecule has 0 fully saturated rings. The minimum atomic E-state index is 0. The van der Waals surface area contributed by atoms with Gasteiger partial charge in [0.1, 0.15) is 5.82 Å². The van der Waals surface area contributed by atoms with Crippen LogP contribution in [0.2, 0.25) is 0 Å². The number of halogens is 1. The van der Waals surface area contributed by atoms with Gasteiger partial charge in [0.15, 0.2) is 5.96 Å². The third kappa shape index (κ3) is 5.95. The first-order valence-electron chi connectivity index (χ1n) is 9.10. The maximum Gasteiger partial charge on any atom is 0.190 e. The second-order valence-corrected chi connectivity index (χ2v) is 6.23. The number of aryl methyl sites for hydroxylation is 3. The molecule has 0 aliphatic rings. The van der Waals surface area contributed by atoms with Crippen LogP contribution in [0.25, 0.3) is 11.0 Å². The summed E-state index contributed by atoms with van der Waals surface area (Å²) in [5, 5.41) is 6.73. The first-order valence-corrected chi connectivity index (χ1v) is 9.10. The van der Waals surface area contributed by atoms with Gasteiger partial charge in [-0.1, -0.05) is 12.1 Å². The maximum atomic E-state index is 4.61. The second-order valence-electron chi connectivity index (χ2n) is 6.23. The van der Waals surface area contributed by atoms with Gasteiger partial charge >= 0.3 is 0 Å². The molecule has 0 saturated heterocycles. The van der Waals surface area contributed by atoms with E-state index >= 15 is 0 Å². The number of nitrogens with one attached hydrogen (secondary N) is 2. The molecule has 0 spiro atoms. The predicted octanol–water partition coefficient (Wildman–Crippen LogP) is 2.80. The molecule has 146 valence electrons. The number of hydrogen-bond acceptors (Lipinski definition) is 3. The zero-order valence-corrected chi connectivity index (χ0v) is 18.3. The minimum absolute atomic E-state index is 0. The van der Waals surface area contributed by atoms with Crippen LogP contribution in [0.15, 0.2) is 48.0 Å². The zero-order valence-electron chi connectivity index (χ0n) is 15.9. The van der Waals surface area contributed by atoms with Crippen LogP contribution in [0.4, 0.5) is 0 Å². The Morgan fingerprint density at radius 2 is 1.85 bits per heavy atom. The van der Waals surface area contributed by atoms with E-state index in [1.165, 1.54) is 5.52 Å². The molecule has 8 heteroatoms. The summed E-state index contributed by atoms with van der Waals surface area (Å²) in [7, 11) is 1.80. The smallest absolute Gasteiger partial charge is 0.190 e. The lowest BCUT2D eigenvalue weighted by Gasteiger charge is -2.13. The molecule has 2 N–H and O–H groups in total. The average Bonchev–Trinajstić information content (AvgIpc) is 3.28. The third-order valence-electron chi connectivity index (χ3n) is 4.36. The van der Waals surface area contributed by atoms with Crippen LogP contribution in [-0.4, -0.2) is 45.2 Å². The number of rotatable bonds is 8. The molecule has 27 heavy (non-hydrogen) atoms. The van der Waals surface area contributed by atoms with Crippen molar-refractivity contribution in [1.82, 2.24) is 29.7 Å². The van der Waals surface area contributed by atoms with Gasteiger partial charge in [-0.25, -0.2) is 9.97 Å². The number of imidazole rings is 2. The summed E-state index contributed by atoms with van der Waals surface area (Å²) in [6.07, 6.45) is 7.66. The molecule has 0 amide bonds. The molecule has 0 aliphatic carbocycles. The molecule has 7 nitrogen and oxygen atoms in total. The van der Waals surface area contributed by atoms with Gasteiger partial charge in [0.2, 0.25) is 0 Å². The van der Waals surface area contributed by atoms with E-state index in [9.17, 15) is 0 Å². The quantitative estimate of drug-likeness (QED) is 0.225. The van der Waals surface area contributed by atoms with Crippen molar-refractivity contribution in [2.45, 2.75) is 32.9 Å². The van der Waals surface area contributed by atoms with Crippen LogP contribution in [0.5, 0.6) is 0 Å². The van der Waals surface area contributed by atoms with E-state index in [4.69, 9.17) is 0 Å². The summed E-state index contributed by atoms with van der Waals surface area (Å²) >= 11 is 0. The Morgan fingerprint density at radius 3 is 2.56 bits per heavy atom. The standard InChI is InChI=1S/C19H27N7.HI/c1-16-24-17-7-3-4-8-18(17)26(16)13-6-10-23-19(20-2)22-9-5-12-25-14-11-21-15-25;/h3-4,7-8,11,14-15H,5-6,9-10,12-13H2,1-2H3,(H2,20,22,23);1H. The molecule has 0 radical (unpaired) electrons. The Kier molecular flexibility index (Phi) is 8.56. The van der Waals surface area contributed by atoms with Gasteiger partial charge in [-0.3, -0.25) is 4.99 Å². The number of benzene rings is 1. The molecule has 0 aliphatic heterocycles. The lowest BCUT2D eigenvalue weighted by Crippen LogP contribution is -2.38. The molecule has 0 unspecified atom stereocenters. The van der Waals surface area contributed by atoms with E-state index in [0.29, 0.717) is 0 Å². The van der Waals surface area contributed by atoms with E-state index in [-0.39, 0.29) is 24.0 Å². The highest BCUT2D eigenvalue weighted by Gasteiger charge is 2.06. The summed E-state index contributed by atoms with van der Waals surface area (Å²) in [5.74, 6) is 1.91. The fraction of sp³-hybridized carbons (Fsp3) is 0.421. The second kappa shape index (κ2) is 10.9. The van der Waals surface area contributed by atoms with Crippen LogP contribution in [-0.2, 0) is 13.1 Å².